The highest BCUT2D eigenvalue weighted by atomic mass is 35.5. The van der Waals surface area contributed by atoms with Crippen LogP contribution in [0, 0.1) is 13.8 Å². The Hall–Kier alpha value is -1.49. The third-order valence-electron chi connectivity index (χ3n) is 4.49. The molecule has 25 heavy (non-hydrogen) atoms. The highest BCUT2D eigenvalue weighted by molar-refractivity contribution is 7.80. The first kappa shape index (κ1) is 18.3. The first-order valence-corrected chi connectivity index (χ1v) is 9.44. The zero-order valence-electron chi connectivity index (χ0n) is 14.4. The fourth-order valence-electron chi connectivity index (χ4n) is 3.21. The highest BCUT2D eigenvalue weighted by Crippen LogP contribution is 2.27. The largest absolute Gasteiger partial charge is 0.368 e. The van der Waals surface area contributed by atoms with Gasteiger partial charge in [0.15, 0.2) is 5.11 Å². The number of para-hydroxylation sites is 1. The lowest BCUT2D eigenvalue weighted by molar-refractivity contribution is 0.390. The van der Waals surface area contributed by atoms with Gasteiger partial charge in [0.2, 0.25) is 0 Å². The molecule has 0 spiro atoms. The number of benzene rings is 2. The lowest BCUT2D eigenvalue weighted by atomic mass is 10.1. The van der Waals surface area contributed by atoms with Crippen LogP contribution in [0.4, 0.5) is 11.4 Å². The molecule has 6 heteroatoms. The molecule has 1 saturated heterocycles. The van der Waals surface area contributed by atoms with Crippen LogP contribution in [0.5, 0.6) is 0 Å². The Balaban J connectivity index is 1.62. The number of anilines is 2. The summed E-state index contributed by atoms with van der Waals surface area (Å²) in [5.41, 5.74) is 4.86. The second-order valence-corrected chi connectivity index (χ2v) is 7.47. The normalized spacial score (nSPS) is 14.6. The molecule has 3 nitrogen and oxygen atoms in total. The summed E-state index contributed by atoms with van der Waals surface area (Å²) in [5.74, 6) is 0. The first-order valence-electron chi connectivity index (χ1n) is 8.28. The monoisotopic (exact) mass is 393 g/mol. The van der Waals surface area contributed by atoms with Gasteiger partial charge in [-0.05, 0) is 55.4 Å². The lowest BCUT2D eigenvalue weighted by Gasteiger charge is -2.38. The number of hydrogen-bond donors (Lipinski definition) is 1. The van der Waals surface area contributed by atoms with Crippen molar-refractivity contribution in [3.8, 4) is 0 Å². The molecule has 1 heterocycles. The molecule has 0 atom stereocenters. The Kier molecular flexibility index (Phi) is 5.72. The van der Waals surface area contributed by atoms with Crippen LogP contribution in [0.25, 0.3) is 0 Å². The lowest BCUT2D eigenvalue weighted by Crippen LogP contribution is -2.50. The van der Waals surface area contributed by atoms with Crippen molar-refractivity contribution in [1.29, 1.82) is 0 Å². The SMILES string of the molecule is Cc1cccc(C)c1N1CCN(C(=S)Nc2ccc(Cl)c(Cl)c2)CC1. The molecule has 1 fully saturated rings. The van der Waals surface area contributed by atoms with Gasteiger partial charge in [-0.3, -0.25) is 0 Å². The van der Waals surface area contributed by atoms with E-state index in [-0.39, 0.29) is 0 Å². The van der Waals surface area contributed by atoms with E-state index in [1.807, 2.05) is 6.07 Å². The topological polar surface area (TPSA) is 18.5 Å². The predicted molar refractivity (Wildman–Crippen MR) is 112 cm³/mol. The summed E-state index contributed by atoms with van der Waals surface area (Å²) in [6.07, 6.45) is 0. The third kappa shape index (κ3) is 4.20. The number of rotatable bonds is 2. The van der Waals surface area contributed by atoms with E-state index in [2.05, 4.69) is 47.2 Å². The van der Waals surface area contributed by atoms with Crippen molar-refractivity contribution in [2.75, 3.05) is 36.4 Å². The van der Waals surface area contributed by atoms with Gasteiger partial charge in [0, 0.05) is 37.6 Å². The maximum absolute atomic E-state index is 6.06. The average molecular weight is 394 g/mol. The summed E-state index contributed by atoms with van der Waals surface area (Å²) in [7, 11) is 0. The standard InChI is InChI=1S/C19H21Cl2N3S/c1-13-4-3-5-14(2)18(13)23-8-10-24(11-9-23)19(25)22-15-6-7-16(20)17(21)12-15/h3-7,12H,8-11H2,1-2H3,(H,22,25). The molecule has 3 rings (SSSR count). The third-order valence-corrected chi connectivity index (χ3v) is 5.59. The van der Waals surface area contributed by atoms with Crippen LogP contribution in [-0.4, -0.2) is 36.2 Å². The average Bonchev–Trinajstić information content (AvgIpc) is 2.58. The van der Waals surface area contributed by atoms with Gasteiger partial charge in [0.1, 0.15) is 0 Å². The summed E-state index contributed by atoms with van der Waals surface area (Å²) in [6.45, 7) is 8.03. The van der Waals surface area contributed by atoms with E-state index < -0.39 is 0 Å². The van der Waals surface area contributed by atoms with Gasteiger partial charge in [0.25, 0.3) is 0 Å². The Morgan fingerprint density at radius 3 is 2.20 bits per heavy atom. The minimum Gasteiger partial charge on any atom is -0.368 e. The van der Waals surface area contributed by atoms with E-state index >= 15 is 0 Å². The van der Waals surface area contributed by atoms with E-state index in [0.29, 0.717) is 10.0 Å². The number of piperazine rings is 1. The second-order valence-electron chi connectivity index (χ2n) is 6.27. The molecular weight excluding hydrogens is 373 g/mol. The van der Waals surface area contributed by atoms with Crippen LogP contribution in [0.15, 0.2) is 36.4 Å². The van der Waals surface area contributed by atoms with Crippen LogP contribution in [-0.2, 0) is 0 Å². The predicted octanol–water partition coefficient (Wildman–Crippen LogP) is 5.13. The minimum atomic E-state index is 0.523. The van der Waals surface area contributed by atoms with Gasteiger partial charge in [0.05, 0.1) is 10.0 Å². The molecule has 1 aliphatic rings. The van der Waals surface area contributed by atoms with Gasteiger partial charge < -0.3 is 15.1 Å². The van der Waals surface area contributed by atoms with Gasteiger partial charge in [-0.2, -0.15) is 0 Å². The zero-order valence-corrected chi connectivity index (χ0v) is 16.7. The van der Waals surface area contributed by atoms with Crippen molar-refractivity contribution in [2.24, 2.45) is 0 Å². The van der Waals surface area contributed by atoms with Crippen molar-refractivity contribution in [3.05, 3.63) is 57.6 Å². The molecular formula is C19H21Cl2N3S. The van der Waals surface area contributed by atoms with Crippen molar-refractivity contribution in [1.82, 2.24) is 4.90 Å². The van der Waals surface area contributed by atoms with E-state index in [4.69, 9.17) is 35.4 Å². The number of halogens is 2. The quantitative estimate of drug-likeness (QED) is 0.712. The molecule has 0 amide bonds. The van der Waals surface area contributed by atoms with E-state index in [9.17, 15) is 0 Å². The zero-order chi connectivity index (χ0) is 18.0. The Labute approximate surface area is 164 Å². The summed E-state index contributed by atoms with van der Waals surface area (Å²) < 4.78 is 0. The molecule has 0 saturated carbocycles. The van der Waals surface area contributed by atoms with E-state index in [1.54, 1.807) is 12.1 Å². The smallest absolute Gasteiger partial charge is 0.173 e. The molecule has 2 aromatic rings. The Morgan fingerprint density at radius 1 is 0.960 bits per heavy atom. The summed E-state index contributed by atoms with van der Waals surface area (Å²) >= 11 is 17.6. The Morgan fingerprint density at radius 2 is 1.60 bits per heavy atom. The molecule has 0 radical (unpaired) electrons. The summed E-state index contributed by atoms with van der Waals surface area (Å²) in [5, 5.41) is 5.04. The van der Waals surface area contributed by atoms with Crippen LogP contribution in [0.2, 0.25) is 10.0 Å². The van der Waals surface area contributed by atoms with Crippen molar-refractivity contribution >= 4 is 51.9 Å². The molecule has 0 aromatic heterocycles. The summed E-state index contributed by atoms with van der Waals surface area (Å²) in [6, 6.07) is 11.9. The summed E-state index contributed by atoms with van der Waals surface area (Å²) in [4.78, 5) is 4.64. The minimum absolute atomic E-state index is 0.523. The molecule has 0 unspecified atom stereocenters. The molecule has 2 aromatic carbocycles. The van der Waals surface area contributed by atoms with Gasteiger partial charge in [-0.25, -0.2) is 0 Å². The molecule has 1 aliphatic heterocycles. The maximum atomic E-state index is 6.06. The van der Waals surface area contributed by atoms with Crippen LogP contribution >= 0.6 is 35.4 Å². The molecule has 132 valence electrons. The van der Waals surface area contributed by atoms with E-state index in [1.165, 1.54) is 16.8 Å². The number of nitrogens with zero attached hydrogens (tertiary/aromatic N) is 2. The van der Waals surface area contributed by atoms with Crippen LogP contribution < -0.4 is 10.2 Å². The van der Waals surface area contributed by atoms with Crippen LogP contribution in [0.3, 0.4) is 0 Å². The van der Waals surface area contributed by atoms with Crippen molar-refractivity contribution in [3.63, 3.8) is 0 Å². The van der Waals surface area contributed by atoms with Gasteiger partial charge in [-0.15, -0.1) is 0 Å². The van der Waals surface area contributed by atoms with Gasteiger partial charge in [-0.1, -0.05) is 41.4 Å². The van der Waals surface area contributed by atoms with Gasteiger partial charge >= 0.3 is 0 Å². The number of aryl methyl sites for hydroxylation is 2. The molecule has 0 bridgehead atoms. The number of thiocarbonyl (C=S) groups is 1. The Bertz CT molecular complexity index is 766. The maximum Gasteiger partial charge on any atom is 0.173 e. The highest BCUT2D eigenvalue weighted by Gasteiger charge is 2.21. The van der Waals surface area contributed by atoms with Crippen LogP contribution in [0.1, 0.15) is 11.1 Å². The number of hydrogen-bond acceptors (Lipinski definition) is 2. The fourth-order valence-corrected chi connectivity index (χ4v) is 3.81. The van der Waals surface area contributed by atoms with E-state index in [0.717, 1.165) is 37.0 Å². The van der Waals surface area contributed by atoms with Crippen molar-refractivity contribution < 1.29 is 0 Å². The first-order chi connectivity index (χ1) is 12.0. The van der Waals surface area contributed by atoms with Crippen molar-refractivity contribution in [2.45, 2.75) is 13.8 Å². The fraction of sp³-hybridized carbons (Fsp3) is 0.316. The molecule has 1 N–H and O–H groups in total. The number of nitrogens with one attached hydrogen (secondary N) is 1. The molecule has 0 aliphatic carbocycles. The second kappa shape index (κ2) is 7.81.